The molecule has 0 bridgehead atoms. The number of hydrogen-bond acceptors (Lipinski definition) is 4. The molecule has 21 heavy (non-hydrogen) atoms. The molecule has 2 aromatic heterocycles. The molecule has 2 heterocycles. The van der Waals surface area contributed by atoms with Gasteiger partial charge in [0.15, 0.2) is 6.04 Å². The molecule has 0 aliphatic rings. The minimum Gasteiger partial charge on any atom is -0.479 e. The van der Waals surface area contributed by atoms with E-state index in [1.165, 1.54) is 11.3 Å². The summed E-state index contributed by atoms with van der Waals surface area (Å²) in [6.07, 6.45) is 2.35. The normalized spacial score (nSPS) is 11.9. The van der Waals surface area contributed by atoms with Crippen molar-refractivity contribution in [3.8, 4) is 0 Å². The third-order valence-corrected chi connectivity index (χ3v) is 3.78. The number of anilines is 1. The zero-order valence-corrected chi connectivity index (χ0v) is 12.5. The fraction of sp³-hybridized carbons (Fsp3) is 0.308. The highest BCUT2D eigenvalue weighted by molar-refractivity contribution is 7.10. The Hall–Kier alpha value is -2.35. The van der Waals surface area contributed by atoms with Crippen molar-refractivity contribution in [2.24, 2.45) is 7.05 Å². The zero-order chi connectivity index (χ0) is 15.4. The second-order valence-electron chi connectivity index (χ2n) is 4.40. The van der Waals surface area contributed by atoms with Crippen LogP contribution in [-0.2, 0) is 18.3 Å². The van der Waals surface area contributed by atoms with Gasteiger partial charge in [0.05, 0.1) is 11.4 Å². The number of rotatable bonds is 5. The predicted molar refractivity (Wildman–Crippen MR) is 79.4 cm³/mol. The van der Waals surface area contributed by atoms with Gasteiger partial charge in [-0.2, -0.15) is 5.10 Å². The van der Waals surface area contributed by atoms with Crippen molar-refractivity contribution >= 4 is 29.0 Å². The number of aryl methyl sites for hydroxylation is 2. The zero-order valence-electron chi connectivity index (χ0n) is 11.7. The van der Waals surface area contributed by atoms with Crippen LogP contribution in [0.15, 0.2) is 23.7 Å². The van der Waals surface area contributed by atoms with Gasteiger partial charge in [0.2, 0.25) is 0 Å². The Morgan fingerprint density at radius 3 is 2.86 bits per heavy atom. The Balaban J connectivity index is 2.08. The van der Waals surface area contributed by atoms with Gasteiger partial charge in [-0.3, -0.25) is 4.68 Å². The van der Waals surface area contributed by atoms with Crippen LogP contribution in [0.2, 0.25) is 0 Å². The number of amides is 2. The van der Waals surface area contributed by atoms with Crippen molar-refractivity contribution in [1.29, 1.82) is 0 Å². The van der Waals surface area contributed by atoms with Crippen molar-refractivity contribution in [2.75, 3.05) is 5.32 Å². The maximum Gasteiger partial charge on any atom is 0.331 e. The van der Waals surface area contributed by atoms with Crippen molar-refractivity contribution in [3.63, 3.8) is 0 Å². The lowest BCUT2D eigenvalue weighted by Gasteiger charge is -2.13. The number of thiophene rings is 1. The Morgan fingerprint density at radius 2 is 2.29 bits per heavy atom. The second kappa shape index (κ2) is 6.40. The first-order valence-corrected chi connectivity index (χ1v) is 7.25. The first-order chi connectivity index (χ1) is 10.0. The Labute approximate surface area is 125 Å². The van der Waals surface area contributed by atoms with E-state index >= 15 is 0 Å². The highest BCUT2D eigenvalue weighted by Gasteiger charge is 2.23. The number of urea groups is 1. The van der Waals surface area contributed by atoms with E-state index in [0.717, 1.165) is 5.69 Å². The van der Waals surface area contributed by atoms with Crippen molar-refractivity contribution < 1.29 is 14.7 Å². The topological polar surface area (TPSA) is 96.3 Å². The van der Waals surface area contributed by atoms with Gasteiger partial charge >= 0.3 is 12.0 Å². The summed E-state index contributed by atoms with van der Waals surface area (Å²) >= 11 is 1.28. The molecule has 0 aliphatic carbocycles. The molecule has 2 amide bonds. The summed E-state index contributed by atoms with van der Waals surface area (Å²) in [5.74, 6) is -1.10. The highest BCUT2D eigenvalue weighted by atomic mass is 32.1. The van der Waals surface area contributed by atoms with E-state index in [2.05, 4.69) is 15.7 Å². The predicted octanol–water partition coefficient (Wildman–Crippen LogP) is 1.99. The summed E-state index contributed by atoms with van der Waals surface area (Å²) in [7, 11) is 1.76. The molecule has 3 N–H and O–H groups in total. The Bertz CT molecular complexity index is 636. The van der Waals surface area contributed by atoms with Gasteiger partial charge in [-0.1, -0.05) is 13.0 Å². The van der Waals surface area contributed by atoms with Crippen molar-refractivity contribution in [1.82, 2.24) is 15.1 Å². The molecule has 8 heteroatoms. The van der Waals surface area contributed by atoms with Crippen LogP contribution in [0.4, 0.5) is 10.5 Å². The van der Waals surface area contributed by atoms with Crippen LogP contribution in [0.25, 0.3) is 0 Å². The Kier molecular flexibility index (Phi) is 4.59. The molecule has 0 radical (unpaired) electrons. The van der Waals surface area contributed by atoms with Gasteiger partial charge in [-0.05, 0) is 17.9 Å². The number of hydrogen-bond donors (Lipinski definition) is 3. The summed E-state index contributed by atoms with van der Waals surface area (Å²) in [5, 5.41) is 20.3. The summed E-state index contributed by atoms with van der Waals surface area (Å²) in [6, 6.07) is 1.78. The fourth-order valence-corrected chi connectivity index (χ4v) is 2.67. The molecule has 2 aromatic rings. The molecule has 0 aliphatic heterocycles. The van der Waals surface area contributed by atoms with Crippen LogP contribution in [-0.4, -0.2) is 26.9 Å². The first-order valence-electron chi connectivity index (χ1n) is 6.37. The largest absolute Gasteiger partial charge is 0.479 e. The quantitative estimate of drug-likeness (QED) is 0.787. The molecule has 2 rings (SSSR count). The monoisotopic (exact) mass is 308 g/mol. The summed E-state index contributed by atoms with van der Waals surface area (Å²) in [4.78, 5) is 23.8. The molecule has 0 saturated heterocycles. The van der Waals surface area contributed by atoms with Gasteiger partial charge in [0.1, 0.15) is 0 Å². The maximum atomic E-state index is 12.0. The minimum atomic E-state index is -1.10. The van der Waals surface area contributed by atoms with E-state index in [-0.39, 0.29) is 0 Å². The summed E-state index contributed by atoms with van der Waals surface area (Å²) in [5.41, 5.74) is 1.32. The highest BCUT2D eigenvalue weighted by Crippen LogP contribution is 2.20. The van der Waals surface area contributed by atoms with Gasteiger partial charge in [0, 0.05) is 18.1 Å². The van der Waals surface area contributed by atoms with E-state index < -0.39 is 18.0 Å². The van der Waals surface area contributed by atoms with Gasteiger partial charge in [-0.15, -0.1) is 11.3 Å². The molecule has 0 aromatic carbocycles. The second-order valence-corrected chi connectivity index (χ2v) is 5.38. The number of carboxylic acids is 1. The molecular weight excluding hydrogens is 292 g/mol. The molecule has 0 fully saturated rings. The SMILES string of the molecule is CCc1nn(C)cc1NC(=O)NC(C(=O)O)c1cccs1. The molecule has 112 valence electrons. The van der Waals surface area contributed by atoms with Crippen LogP contribution in [0.3, 0.4) is 0 Å². The lowest BCUT2D eigenvalue weighted by Crippen LogP contribution is -2.36. The number of aliphatic carboxylic acids is 1. The standard InChI is InChI=1S/C13H16N4O3S/c1-3-8-9(7-17(2)16-8)14-13(20)15-11(12(18)19)10-5-4-6-21-10/h4-7,11H,3H2,1-2H3,(H,18,19)(H2,14,15,20). The molecule has 1 unspecified atom stereocenters. The number of carboxylic acid groups (broad SMARTS) is 1. The first kappa shape index (κ1) is 15.0. The molecule has 7 nitrogen and oxygen atoms in total. The molecule has 1 atom stereocenters. The lowest BCUT2D eigenvalue weighted by molar-refractivity contribution is -0.139. The van der Waals surface area contributed by atoms with Gasteiger partial charge < -0.3 is 15.7 Å². The van der Waals surface area contributed by atoms with Crippen molar-refractivity contribution in [3.05, 3.63) is 34.3 Å². The van der Waals surface area contributed by atoms with Crippen LogP contribution < -0.4 is 10.6 Å². The summed E-state index contributed by atoms with van der Waals surface area (Å²) < 4.78 is 1.60. The van der Waals surface area contributed by atoms with Crippen molar-refractivity contribution in [2.45, 2.75) is 19.4 Å². The Morgan fingerprint density at radius 1 is 1.52 bits per heavy atom. The van der Waals surface area contributed by atoms with Crippen LogP contribution in [0.1, 0.15) is 23.5 Å². The smallest absolute Gasteiger partial charge is 0.331 e. The third kappa shape index (κ3) is 3.60. The maximum absolute atomic E-state index is 12.0. The number of carbonyl (C=O) groups excluding carboxylic acids is 1. The number of aromatic nitrogens is 2. The average Bonchev–Trinajstić information content (AvgIpc) is 3.05. The van der Waals surface area contributed by atoms with Crippen LogP contribution in [0, 0.1) is 0 Å². The average molecular weight is 308 g/mol. The molecular formula is C13H16N4O3S. The van der Waals surface area contributed by atoms with Crippen LogP contribution >= 0.6 is 11.3 Å². The molecule has 0 saturated carbocycles. The minimum absolute atomic E-state index is 0.569. The number of carbonyl (C=O) groups is 2. The lowest BCUT2D eigenvalue weighted by atomic mass is 10.2. The number of nitrogens with zero attached hydrogens (tertiary/aromatic N) is 2. The van der Waals surface area contributed by atoms with Gasteiger partial charge in [-0.25, -0.2) is 9.59 Å². The van der Waals surface area contributed by atoms with Crippen LogP contribution in [0.5, 0.6) is 0 Å². The fourth-order valence-electron chi connectivity index (χ4n) is 1.90. The van der Waals surface area contributed by atoms with E-state index in [1.54, 1.807) is 35.4 Å². The summed E-state index contributed by atoms with van der Waals surface area (Å²) in [6.45, 7) is 1.93. The van der Waals surface area contributed by atoms with E-state index in [0.29, 0.717) is 17.0 Å². The molecule has 0 spiro atoms. The third-order valence-electron chi connectivity index (χ3n) is 2.84. The van der Waals surface area contributed by atoms with Gasteiger partial charge in [0.25, 0.3) is 0 Å². The van der Waals surface area contributed by atoms with E-state index in [4.69, 9.17) is 0 Å². The van der Waals surface area contributed by atoms with E-state index in [9.17, 15) is 14.7 Å². The van der Waals surface area contributed by atoms with E-state index in [1.807, 2.05) is 6.92 Å². The number of nitrogens with one attached hydrogen (secondary N) is 2.